The summed E-state index contributed by atoms with van der Waals surface area (Å²) in [6, 6.07) is 9.10. The minimum Gasteiger partial charge on any atom is -0.393 e. The van der Waals surface area contributed by atoms with Gasteiger partial charge in [0.15, 0.2) is 0 Å². The molecule has 0 spiro atoms. The second kappa shape index (κ2) is 8.80. The number of halogens is 1. The fourth-order valence-corrected chi connectivity index (χ4v) is 4.85. The van der Waals surface area contributed by atoms with Crippen LogP contribution in [0.3, 0.4) is 0 Å². The molecule has 1 aliphatic heterocycles. The highest BCUT2D eigenvalue weighted by Gasteiger charge is 2.31. The molecule has 2 rings (SSSR count). The molecular formula is C15H23BrN2O2Si. The van der Waals surface area contributed by atoms with Crippen LogP contribution < -0.4 is 5.32 Å². The Bertz CT molecular complexity index is 463. The number of aliphatic imine (C=N–C) groups is 1. The smallest absolute Gasteiger partial charge is 0.335 e. The Morgan fingerprint density at radius 3 is 2.71 bits per heavy atom. The maximum atomic E-state index is 5.95. The molecule has 0 unspecified atom stereocenters. The van der Waals surface area contributed by atoms with Crippen LogP contribution in [-0.4, -0.2) is 47.6 Å². The number of hydrogen-bond acceptors (Lipinski definition) is 4. The molecule has 116 valence electrons. The first-order chi connectivity index (χ1) is 10.2. The lowest BCUT2D eigenvalue weighted by Crippen LogP contribution is -2.45. The van der Waals surface area contributed by atoms with Gasteiger partial charge in [-0.2, -0.15) is 0 Å². The van der Waals surface area contributed by atoms with Gasteiger partial charge in [-0.05, 0) is 25.1 Å². The Kier molecular flexibility index (Phi) is 7.05. The van der Waals surface area contributed by atoms with Crippen molar-refractivity contribution < 1.29 is 8.85 Å². The lowest BCUT2D eigenvalue weighted by Gasteiger charge is -2.29. The van der Waals surface area contributed by atoms with E-state index in [1.165, 1.54) is 0 Å². The first-order valence-corrected chi connectivity index (χ1v) is 10.7. The Morgan fingerprint density at radius 1 is 1.29 bits per heavy atom. The van der Waals surface area contributed by atoms with Gasteiger partial charge in [-0.15, -0.1) is 0 Å². The van der Waals surface area contributed by atoms with E-state index in [9.17, 15) is 0 Å². The number of hydrogen-bond donors (Lipinski definition) is 1. The summed E-state index contributed by atoms with van der Waals surface area (Å²) >= 11 is 3.52. The van der Waals surface area contributed by atoms with Gasteiger partial charge in [-0.1, -0.05) is 34.1 Å². The third-order valence-corrected chi connectivity index (χ3v) is 7.04. The molecule has 4 nitrogen and oxygen atoms in total. The monoisotopic (exact) mass is 370 g/mol. The van der Waals surface area contributed by atoms with E-state index in [0.29, 0.717) is 0 Å². The molecule has 0 radical (unpaired) electrons. The average Bonchev–Trinajstić information content (AvgIpc) is 2.45. The maximum Gasteiger partial charge on any atom is 0.335 e. The van der Waals surface area contributed by atoms with Crippen LogP contribution >= 0.6 is 15.9 Å². The fourth-order valence-electron chi connectivity index (χ4n) is 2.22. The molecule has 1 N–H and O–H groups in total. The van der Waals surface area contributed by atoms with Crippen LogP contribution in [0.5, 0.6) is 0 Å². The molecule has 6 heteroatoms. The predicted octanol–water partition coefficient (Wildman–Crippen LogP) is 2.97. The average molecular weight is 371 g/mol. The summed E-state index contributed by atoms with van der Waals surface area (Å²) < 4.78 is 13.0. The molecular weight excluding hydrogens is 348 g/mol. The van der Waals surface area contributed by atoms with E-state index in [-0.39, 0.29) is 0 Å². The molecule has 1 heterocycles. The summed E-state index contributed by atoms with van der Waals surface area (Å²) in [5.41, 5.74) is 1.12. The molecule has 1 fully saturated rings. The van der Waals surface area contributed by atoms with Crippen LogP contribution in [0.15, 0.2) is 33.7 Å². The van der Waals surface area contributed by atoms with Gasteiger partial charge in [0.2, 0.25) is 0 Å². The van der Waals surface area contributed by atoms with E-state index < -0.39 is 8.56 Å². The van der Waals surface area contributed by atoms with Gasteiger partial charge in [0.05, 0.1) is 0 Å². The Morgan fingerprint density at radius 2 is 2.00 bits per heavy atom. The predicted molar refractivity (Wildman–Crippen MR) is 92.4 cm³/mol. The summed E-state index contributed by atoms with van der Waals surface area (Å²) in [5.74, 6) is 0. The molecule has 0 aromatic heterocycles. The normalized spacial score (nSPS) is 19.3. The van der Waals surface area contributed by atoms with E-state index in [1.54, 1.807) is 0 Å². The zero-order valence-electron chi connectivity index (χ0n) is 12.5. The van der Waals surface area contributed by atoms with E-state index in [4.69, 9.17) is 8.85 Å². The third kappa shape index (κ3) is 6.00. The molecule has 0 amide bonds. The zero-order chi connectivity index (χ0) is 15.0. The lowest BCUT2D eigenvalue weighted by molar-refractivity contribution is 0.155. The molecule has 1 aliphatic rings. The van der Waals surface area contributed by atoms with Crippen LogP contribution in [0.2, 0.25) is 12.6 Å². The van der Waals surface area contributed by atoms with Gasteiger partial charge in [0.25, 0.3) is 0 Å². The highest BCUT2D eigenvalue weighted by Crippen LogP contribution is 2.17. The van der Waals surface area contributed by atoms with E-state index in [0.717, 1.165) is 55.3 Å². The maximum absolute atomic E-state index is 5.95. The summed E-state index contributed by atoms with van der Waals surface area (Å²) in [7, 11) is -1.98. The fraction of sp³-hybridized carbons (Fsp3) is 0.533. The Balaban J connectivity index is 1.74. The van der Waals surface area contributed by atoms with Crippen molar-refractivity contribution in [1.82, 2.24) is 5.32 Å². The van der Waals surface area contributed by atoms with E-state index in [1.807, 2.05) is 24.4 Å². The van der Waals surface area contributed by atoms with Crippen LogP contribution in [0.4, 0.5) is 0 Å². The quantitative estimate of drug-likeness (QED) is 0.492. The first kappa shape index (κ1) is 16.8. The van der Waals surface area contributed by atoms with Crippen LogP contribution in [0.25, 0.3) is 0 Å². The first-order valence-electron chi connectivity index (χ1n) is 7.43. The lowest BCUT2D eigenvalue weighted by atomic mass is 10.2. The standard InChI is InChI=1S/C15H23BrN2O2Si/c1-21(19-10-8-17-9-11-20-21)12-4-7-18-13-14-5-2-3-6-15(14)16/h2-3,5-6,13,17H,4,7-12H2,1H3. The number of nitrogens with one attached hydrogen (secondary N) is 1. The van der Waals surface area contributed by atoms with E-state index >= 15 is 0 Å². The van der Waals surface area contributed by atoms with Gasteiger partial charge in [0.1, 0.15) is 0 Å². The van der Waals surface area contributed by atoms with Gasteiger partial charge in [-0.25, -0.2) is 0 Å². The van der Waals surface area contributed by atoms with Crippen molar-refractivity contribution in [3.05, 3.63) is 34.3 Å². The van der Waals surface area contributed by atoms with Crippen molar-refractivity contribution in [1.29, 1.82) is 0 Å². The SMILES string of the molecule is C[Si]1(CCCN=Cc2ccccc2Br)OCCNCCO1. The highest BCUT2D eigenvalue weighted by molar-refractivity contribution is 9.10. The molecule has 0 atom stereocenters. The van der Waals surface area contributed by atoms with Crippen LogP contribution in [0.1, 0.15) is 12.0 Å². The van der Waals surface area contributed by atoms with Crippen molar-refractivity contribution in [3.63, 3.8) is 0 Å². The van der Waals surface area contributed by atoms with Crippen molar-refractivity contribution in [3.8, 4) is 0 Å². The second-order valence-corrected chi connectivity index (χ2v) is 9.44. The zero-order valence-corrected chi connectivity index (χ0v) is 15.1. The number of rotatable bonds is 5. The molecule has 0 saturated carbocycles. The van der Waals surface area contributed by atoms with Gasteiger partial charge >= 0.3 is 8.56 Å². The highest BCUT2D eigenvalue weighted by atomic mass is 79.9. The van der Waals surface area contributed by atoms with Crippen molar-refractivity contribution in [2.45, 2.75) is 19.0 Å². The van der Waals surface area contributed by atoms with Crippen molar-refractivity contribution in [2.75, 3.05) is 32.8 Å². The number of benzene rings is 1. The minimum atomic E-state index is -1.98. The van der Waals surface area contributed by atoms with Gasteiger partial charge < -0.3 is 14.2 Å². The van der Waals surface area contributed by atoms with Crippen molar-refractivity contribution in [2.24, 2.45) is 4.99 Å². The second-order valence-electron chi connectivity index (χ2n) is 5.24. The van der Waals surface area contributed by atoms with Crippen LogP contribution in [0, 0.1) is 0 Å². The van der Waals surface area contributed by atoms with Crippen LogP contribution in [-0.2, 0) is 8.85 Å². The molecule has 1 aromatic rings. The summed E-state index contributed by atoms with van der Waals surface area (Å²) in [6.45, 7) is 6.33. The molecule has 1 aromatic carbocycles. The summed E-state index contributed by atoms with van der Waals surface area (Å²) in [4.78, 5) is 4.50. The summed E-state index contributed by atoms with van der Waals surface area (Å²) in [6.07, 6.45) is 2.94. The third-order valence-electron chi connectivity index (χ3n) is 3.43. The molecule has 0 aliphatic carbocycles. The number of nitrogens with zero attached hydrogens (tertiary/aromatic N) is 1. The van der Waals surface area contributed by atoms with Crippen molar-refractivity contribution >= 4 is 30.7 Å². The summed E-state index contributed by atoms with van der Waals surface area (Å²) in [5, 5.41) is 3.27. The Labute approximate surface area is 136 Å². The molecule has 0 bridgehead atoms. The topological polar surface area (TPSA) is 42.8 Å². The van der Waals surface area contributed by atoms with Gasteiger partial charge in [0, 0.05) is 49.1 Å². The minimum absolute atomic E-state index is 0.753. The Hall–Kier alpha value is -0.533. The molecule has 1 saturated heterocycles. The largest absolute Gasteiger partial charge is 0.393 e. The van der Waals surface area contributed by atoms with Gasteiger partial charge in [-0.3, -0.25) is 4.99 Å². The van der Waals surface area contributed by atoms with E-state index in [2.05, 4.69) is 38.9 Å². The molecule has 21 heavy (non-hydrogen) atoms.